The summed E-state index contributed by atoms with van der Waals surface area (Å²) in [4.78, 5) is 0. The predicted molar refractivity (Wildman–Crippen MR) is 49.8 cm³/mol. The highest BCUT2D eigenvalue weighted by molar-refractivity contribution is 5.04. The van der Waals surface area contributed by atoms with E-state index in [0.29, 0.717) is 18.7 Å². The number of terminal acetylenes is 1. The molecule has 1 N–H and O–H groups in total. The van der Waals surface area contributed by atoms with E-state index in [1.165, 1.54) is 0 Å². The first-order chi connectivity index (χ1) is 5.62. The fraction of sp³-hybridized carbons (Fsp3) is 0.800. The molecule has 0 heterocycles. The molecule has 68 valence electrons. The molecule has 1 aliphatic rings. The zero-order valence-corrected chi connectivity index (χ0v) is 8.05. The number of hydrogen-bond acceptors (Lipinski definition) is 2. The molecule has 1 rings (SSSR count). The highest BCUT2D eigenvalue weighted by Gasteiger charge is 2.47. The Balaban J connectivity index is 2.38. The SMILES string of the molecule is C#CCNC1CC(OC)C1(C)C. The third-order valence-electron chi connectivity index (χ3n) is 2.91. The fourth-order valence-electron chi connectivity index (χ4n) is 1.81. The zero-order chi connectivity index (χ0) is 9.19. The number of hydrogen-bond donors (Lipinski definition) is 1. The molecule has 2 unspecified atom stereocenters. The Morgan fingerprint density at radius 3 is 2.75 bits per heavy atom. The van der Waals surface area contributed by atoms with Crippen LogP contribution in [0.5, 0.6) is 0 Å². The second kappa shape index (κ2) is 3.47. The van der Waals surface area contributed by atoms with Gasteiger partial charge in [-0.15, -0.1) is 6.42 Å². The van der Waals surface area contributed by atoms with Crippen LogP contribution in [0.2, 0.25) is 0 Å². The van der Waals surface area contributed by atoms with Crippen LogP contribution in [0.25, 0.3) is 0 Å². The fourth-order valence-corrected chi connectivity index (χ4v) is 1.81. The predicted octanol–water partition coefficient (Wildman–Crippen LogP) is 1.02. The molecular weight excluding hydrogens is 150 g/mol. The molecule has 1 aliphatic carbocycles. The van der Waals surface area contributed by atoms with Crippen molar-refractivity contribution in [1.82, 2.24) is 5.32 Å². The lowest BCUT2D eigenvalue weighted by molar-refractivity contribution is -0.0962. The van der Waals surface area contributed by atoms with Crippen molar-refractivity contribution in [1.29, 1.82) is 0 Å². The topological polar surface area (TPSA) is 21.3 Å². The second-order valence-electron chi connectivity index (χ2n) is 3.92. The first-order valence-electron chi connectivity index (χ1n) is 4.32. The Morgan fingerprint density at radius 1 is 1.67 bits per heavy atom. The Kier molecular flexibility index (Phi) is 2.76. The highest BCUT2D eigenvalue weighted by Crippen LogP contribution is 2.42. The van der Waals surface area contributed by atoms with Gasteiger partial charge in [-0.05, 0) is 6.42 Å². The Morgan fingerprint density at radius 2 is 2.33 bits per heavy atom. The van der Waals surface area contributed by atoms with Gasteiger partial charge in [-0.1, -0.05) is 19.8 Å². The monoisotopic (exact) mass is 167 g/mol. The molecule has 12 heavy (non-hydrogen) atoms. The van der Waals surface area contributed by atoms with E-state index in [-0.39, 0.29) is 5.41 Å². The van der Waals surface area contributed by atoms with Crippen LogP contribution in [0.4, 0.5) is 0 Å². The van der Waals surface area contributed by atoms with E-state index >= 15 is 0 Å². The van der Waals surface area contributed by atoms with Gasteiger partial charge in [0.1, 0.15) is 0 Å². The van der Waals surface area contributed by atoms with Crippen molar-refractivity contribution in [3.8, 4) is 12.3 Å². The molecule has 2 heteroatoms. The van der Waals surface area contributed by atoms with Crippen molar-refractivity contribution in [2.24, 2.45) is 5.41 Å². The maximum Gasteiger partial charge on any atom is 0.0652 e. The van der Waals surface area contributed by atoms with Gasteiger partial charge in [-0.2, -0.15) is 0 Å². The van der Waals surface area contributed by atoms with Crippen LogP contribution in [0.3, 0.4) is 0 Å². The summed E-state index contributed by atoms with van der Waals surface area (Å²) < 4.78 is 5.32. The van der Waals surface area contributed by atoms with Crippen LogP contribution in [0, 0.1) is 17.8 Å². The van der Waals surface area contributed by atoms with Crippen molar-refractivity contribution in [2.45, 2.75) is 32.4 Å². The lowest BCUT2D eigenvalue weighted by Crippen LogP contribution is -2.60. The minimum atomic E-state index is 0.228. The molecule has 0 bridgehead atoms. The third kappa shape index (κ3) is 1.48. The second-order valence-corrected chi connectivity index (χ2v) is 3.92. The largest absolute Gasteiger partial charge is 0.381 e. The summed E-state index contributed by atoms with van der Waals surface area (Å²) in [6, 6.07) is 0.512. The molecule has 0 aromatic carbocycles. The van der Waals surface area contributed by atoms with E-state index in [1.807, 2.05) is 0 Å². The zero-order valence-electron chi connectivity index (χ0n) is 8.05. The number of rotatable bonds is 3. The van der Waals surface area contributed by atoms with Crippen LogP contribution in [-0.2, 0) is 4.74 Å². The van der Waals surface area contributed by atoms with Gasteiger partial charge < -0.3 is 10.1 Å². The highest BCUT2D eigenvalue weighted by atomic mass is 16.5. The van der Waals surface area contributed by atoms with Gasteiger partial charge in [-0.3, -0.25) is 0 Å². The van der Waals surface area contributed by atoms with Gasteiger partial charge in [0.15, 0.2) is 0 Å². The van der Waals surface area contributed by atoms with Crippen LogP contribution in [0.15, 0.2) is 0 Å². The average Bonchev–Trinajstić information content (AvgIpc) is 2.03. The molecule has 0 aromatic heterocycles. The van der Waals surface area contributed by atoms with Gasteiger partial charge in [0.25, 0.3) is 0 Å². The Labute approximate surface area is 74.7 Å². The summed E-state index contributed by atoms with van der Waals surface area (Å²) in [5.41, 5.74) is 0.228. The molecule has 0 aliphatic heterocycles. The molecule has 0 amide bonds. The van der Waals surface area contributed by atoms with E-state index < -0.39 is 0 Å². The van der Waals surface area contributed by atoms with Gasteiger partial charge in [0, 0.05) is 18.6 Å². The van der Waals surface area contributed by atoms with E-state index in [4.69, 9.17) is 11.2 Å². The minimum Gasteiger partial charge on any atom is -0.381 e. The smallest absolute Gasteiger partial charge is 0.0652 e. The number of methoxy groups -OCH3 is 1. The van der Waals surface area contributed by atoms with Crippen molar-refractivity contribution >= 4 is 0 Å². The van der Waals surface area contributed by atoms with Crippen LogP contribution >= 0.6 is 0 Å². The third-order valence-corrected chi connectivity index (χ3v) is 2.91. The summed E-state index contributed by atoms with van der Waals surface area (Å²) in [6.45, 7) is 5.07. The summed E-state index contributed by atoms with van der Waals surface area (Å²) in [5, 5.41) is 3.31. The standard InChI is InChI=1S/C10H17NO/c1-5-6-11-8-7-9(12-4)10(8,2)3/h1,8-9,11H,6-7H2,2-4H3. The maximum absolute atomic E-state index is 5.32. The van der Waals surface area contributed by atoms with E-state index in [9.17, 15) is 0 Å². The Hall–Kier alpha value is -0.520. The lowest BCUT2D eigenvalue weighted by atomic mass is 9.64. The molecule has 0 saturated heterocycles. The van der Waals surface area contributed by atoms with Crippen LogP contribution in [0.1, 0.15) is 20.3 Å². The van der Waals surface area contributed by atoms with Crippen molar-refractivity contribution in [3.63, 3.8) is 0 Å². The molecule has 0 radical (unpaired) electrons. The minimum absolute atomic E-state index is 0.228. The van der Waals surface area contributed by atoms with Crippen molar-refractivity contribution in [2.75, 3.05) is 13.7 Å². The van der Waals surface area contributed by atoms with E-state index in [1.54, 1.807) is 7.11 Å². The molecule has 2 nitrogen and oxygen atoms in total. The molecule has 0 aromatic rings. The molecular formula is C10H17NO. The summed E-state index contributed by atoms with van der Waals surface area (Å²) in [7, 11) is 1.77. The maximum atomic E-state index is 5.32. The van der Waals surface area contributed by atoms with Gasteiger partial charge >= 0.3 is 0 Å². The summed E-state index contributed by atoms with van der Waals surface area (Å²) >= 11 is 0. The van der Waals surface area contributed by atoms with Crippen molar-refractivity contribution < 1.29 is 4.74 Å². The van der Waals surface area contributed by atoms with Gasteiger partial charge in [-0.25, -0.2) is 0 Å². The first kappa shape index (κ1) is 9.57. The quantitative estimate of drug-likeness (QED) is 0.634. The van der Waals surface area contributed by atoms with Crippen molar-refractivity contribution in [3.05, 3.63) is 0 Å². The summed E-state index contributed by atoms with van der Waals surface area (Å²) in [6.07, 6.45) is 6.62. The normalized spacial score (nSPS) is 32.2. The number of nitrogens with one attached hydrogen (secondary N) is 1. The molecule has 2 atom stereocenters. The van der Waals surface area contributed by atoms with Gasteiger partial charge in [0.2, 0.25) is 0 Å². The summed E-state index contributed by atoms with van der Waals surface area (Å²) in [5.74, 6) is 2.59. The van der Waals surface area contributed by atoms with Crippen LogP contribution < -0.4 is 5.32 Å². The van der Waals surface area contributed by atoms with Gasteiger partial charge in [0.05, 0.1) is 12.6 Å². The lowest BCUT2D eigenvalue weighted by Gasteiger charge is -2.51. The molecule has 1 saturated carbocycles. The molecule has 0 spiro atoms. The Bertz CT molecular complexity index is 193. The average molecular weight is 167 g/mol. The molecule has 1 fully saturated rings. The number of ether oxygens (including phenoxy) is 1. The van der Waals surface area contributed by atoms with E-state index in [2.05, 4.69) is 25.1 Å². The van der Waals surface area contributed by atoms with E-state index in [0.717, 1.165) is 6.42 Å². The first-order valence-corrected chi connectivity index (χ1v) is 4.32. The van der Waals surface area contributed by atoms with Crippen LogP contribution in [-0.4, -0.2) is 25.8 Å².